The van der Waals surface area contributed by atoms with Crippen LogP contribution in [-0.4, -0.2) is 59.3 Å². The number of carboxylic acid groups (broad SMARTS) is 1. The van der Waals surface area contributed by atoms with E-state index in [9.17, 15) is 23.1 Å². The molecule has 1 aliphatic rings. The van der Waals surface area contributed by atoms with Crippen molar-refractivity contribution in [1.82, 2.24) is 24.8 Å². The molecule has 0 spiro atoms. The minimum Gasteiger partial charge on any atom is -0.480 e. The first kappa shape index (κ1) is 26.8. The molecule has 0 saturated carbocycles. The molecule has 0 aliphatic carbocycles. The van der Waals surface area contributed by atoms with Gasteiger partial charge in [-0.05, 0) is 42.2 Å². The maximum absolute atomic E-state index is 12.6. The van der Waals surface area contributed by atoms with Crippen LogP contribution in [0.2, 0.25) is 0 Å². The zero-order valence-electron chi connectivity index (χ0n) is 19.9. The van der Waals surface area contributed by atoms with Gasteiger partial charge in [0, 0.05) is 42.4 Å². The highest BCUT2D eigenvalue weighted by Gasteiger charge is 2.25. The number of anilines is 1. The second-order valence-corrected chi connectivity index (χ2v) is 11.4. The number of nitrogens with zero attached hydrogens (tertiary/aromatic N) is 3. The van der Waals surface area contributed by atoms with Crippen molar-refractivity contribution in [3.63, 3.8) is 0 Å². The first-order chi connectivity index (χ1) is 17.7. The zero-order chi connectivity index (χ0) is 26.4. The number of carboxylic acids is 1. The standard InChI is InChI=1S/C24H27BrN6O5S/c25-19-5-1-3-16(11-19)15-37(35,36)30-21(24(33)34)13-27-23(32)18-12-28-31(14-18)10-8-20-7-6-17-4-2-9-26-22(17)29-20/h1,3,5-7,11-12,14,21,30H,2,4,8-10,13,15H2,(H,26,29)(H,27,32)(H,33,34). The number of fused-ring (bicyclic) bond motifs is 1. The second-order valence-electron chi connectivity index (χ2n) is 8.69. The Balaban J connectivity index is 1.30. The molecule has 1 amide bonds. The Kier molecular flexibility index (Phi) is 8.56. The SMILES string of the molecule is O=C(NCC(NS(=O)(=O)Cc1cccc(Br)c1)C(=O)O)c1cnn(CCc2ccc3c(n2)NCCC3)c1. The number of benzene rings is 1. The Morgan fingerprint density at radius 1 is 1.24 bits per heavy atom. The van der Waals surface area contributed by atoms with Gasteiger partial charge >= 0.3 is 5.97 Å². The van der Waals surface area contributed by atoms with Gasteiger partial charge in [-0.2, -0.15) is 9.82 Å². The molecule has 0 saturated heterocycles. The third kappa shape index (κ3) is 7.60. The van der Waals surface area contributed by atoms with Crippen molar-refractivity contribution in [3.05, 3.63) is 75.6 Å². The van der Waals surface area contributed by atoms with Gasteiger partial charge in [0.05, 0.1) is 17.5 Å². The Morgan fingerprint density at radius 3 is 2.86 bits per heavy atom. The summed E-state index contributed by atoms with van der Waals surface area (Å²) in [6.45, 7) is 0.992. The number of carbonyl (C=O) groups excluding carboxylic acids is 1. The number of hydrogen-bond donors (Lipinski definition) is 4. The van der Waals surface area contributed by atoms with Gasteiger partial charge in [-0.1, -0.05) is 34.1 Å². The van der Waals surface area contributed by atoms with E-state index < -0.39 is 40.2 Å². The molecular formula is C24H27BrN6O5S. The van der Waals surface area contributed by atoms with Crippen LogP contribution in [0, 0.1) is 0 Å². The first-order valence-corrected chi connectivity index (χ1v) is 14.1. The maximum atomic E-state index is 12.6. The van der Waals surface area contributed by atoms with Gasteiger partial charge in [0.1, 0.15) is 11.9 Å². The molecule has 196 valence electrons. The smallest absolute Gasteiger partial charge is 0.323 e. The van der Waals surface area contributed by atoms with E-state index in [1.54, 1.807) is 35.1 Å². The highest BCUT2D eigenvalue weighted by atomic mass is 79.9. The van der Waals surface area contributed by atoms with Crippen molar-refractivity contribution >= 4 is 43.6 Å². The number of carbonyl (C=O) groups is 2. The number of aromatic nitrogens is 3. The lowest BCUT2D eigenvalue weighted by Crippen LogP contribution is -2.48. The lowest BCUT2D eigenvalue weighted by molar-refractivity contribution is -0.138. The summed E-state index contributed by atoms with van der Waals surface area (Å²) in [5, 5.41) is 19.4. The van der Waals surface area contributed by atoms with Gasteiger partial charge in [0.25, 0.3) is 5.91 Å². The van der Waals surface area contributed by atoms with Crippen molar-refractivity contribution in [2.24, 2.45) is 0 Å². The molecule has 1 aliphatic heterocycles. The number of pyridine rings is 1. The fraction of sp³-hybridized carbons (Fsp3) is 0.333. The van der Waals surface area contributed by atoms with Gasteiger partial charge in [-0.3, -0.25) is 14.3 Å². The van der Waals surface area contributed by atoms with E-state index in [1.807, 2.05) is 6.07 Å². The van der Waals surface area contributed by atoms with Crippen LogP contribution in [0.3, 0.4) is 0 Å². The molecule has 3 heterocycles. The van der Waals surface area contributed by atoms with Crippen LogP contribution >= 0.6 is 15.9 Å². The summed E-state index contributed by atoms with van der Waals surface area (Å²) >= 11 is 3.27. The highest BCUT2D eigenvalue weighted by Crippen LogP contribution is 2.20. The Morgan fingerprint density at radius 2 is 2.08 bits per heavy atom. The molecule has 37 heavy (non-hydrogen) atoms. The lowest BCUT2D eigenvalue weighted by atomic mass is 10.1. The predicted octanol–water partition coefficient (Wildman–Crippen LogP) is 1.94. The number of amides is 1. The topological polar surface area (TPSA) is 155 Å². The molecular weight excluding hydrogens is 564 g/mol. The fourth-order valence-electron chi connectivity index (χ4n) is 3.92. The number of hydrogen-bond acceptors (Lipinski definition) is 7. The number of nitrogens with one attached hydrogen (secondary N) is 3. The molecule has 13 heteroatoms. The van der Waals surface area contributed by atoms with Gasteiger partial charge in [-0.15, -0.1) is 0 Å². The van der Waals surface area contributed by atoms with E-state index in [1.165, 1.54) is 11.8 Å². The normalized spacial score (nSPS) is 13.9. The molecule has 0 fully saturated rings. The molecule has 4 rings (SSSR count). The van der Waals surface area contributed by atoms with Crippen LogP contribution < -0.4 is 15.4 Å². The number of aliphatic carboxylic acids is 1. The summed E-state index contributed by atoms with van der Waals surface area (Å²) in [6.07, 6.45) is 5.67. The minimum absolute atomic E-state index is 0.237. The molecule has 0 bridgehead atoms. The van der Waals surface area contributed by atoms with Gasteiger partial charge < -0.3 is 15.7 Å². The molecule has 3 aromatic rings. The summed E-state index contributed by atoms with van der Waals surface area (Å²) in [7, 11) is -3.97. The van der Waals surface area contributed by atoms with Crippen molar-refractivity contribution < 1.29 is 23.1 Å². The third-order valence-corrected chi connectivity index (χ3v) is 7.63. The monoisotopic (exact) mass is 590 g/mol. The van der Waals surface area contributed by atoms with E-state index in [0.717, 1.165) is 30.9 Å². The summed E-state index contributed by atoms with van der Waals surface area (Å²) in [6, 6.07) is 9.24. The molecule has 1 atom stereocenters. The van der Waals surface area contributed by atoms with Crippen LogP contribution in [0.4, 0.5) is 5.82 Å². The van der Waals surface area contributed by atoms with Gasteiger partial charge in [0.2, 0.25) is 10.0 Å². The van der Waals surface area contributed by atoms with Gasteiger partial charge in [-0.25, -0.2) is 13.4 Å². The van der Waals surface area contributed by atoms with Crippen molar-refractivity contribution in [1.29, 1.82) is 0 Å². The Hall–Kier alpha value is -3.29. The molecule has 1 aromatic carbocycles. The third-order valence-electron chi connectivity index (χ3n) is 5.78. The van der Waals surface area contributed by atoms with Crippen molar-refractivity contribution in [2.45, 2.75) is 37.6 Å². The molecule has 4 N–H and O–H groups in total. The van der Waals surface area contributed by atoms with Crippen LogP contribution in [0.5, 0.6) is 0 Å². The summed E-state index contributed by atoms with van der Waals surface area (Å²) in [5.74, 6) is -1.43. The van der Waals surface area contributed by atoms with E-state index in [0.29, 0.717) is 23.0 Å². The quantitative estimate of drug-likeness (QED) is 0.264. The largest absolute Gasteiger partial charge is 0.480 e. The van der Waals surface area contributed by atoms with Crippen molar-refractivity contribution in [3.8, 4) is 0 Å². The molecule has 2 aromatic heterocycles. The fourth-order valence-corrected chi connectivity index (χ4v) is 5.69. The summed E-state index contributed by atoms with van der Waals surface area (Å²) < 4.78 is 29.4. The van der Waals surface area contributed by atoms with Crippen LogP contribution in [-0.2, 0) is 40.0 Å². The predicted molar refractivity (Wildman–Crippen MR) is 141 cm³/mol. The van der Waals surface area contributed by atoms with E-state index in [2.05, 4.69) is 47.4 Å². The molecule has 1 unspecified atom stereocenters. The van der Waals surface area contributed by atoms with Crippen molar-refractivity contribution in [2.75, 3.05) is 18.4 Å². The molecule has 11 nitrogen and oxygen atoms in total. The Bertz CT molecular complexity index is 1390. The second kappa shape index (κ2) is 11.8. The van der Waals surface area contributed by atoms with E-state index in [-0.39, 0.29) is 5.56 Å². The Labute approximate surface area is 222 Å². The molecule has 0 radical (unpaired) electrons. The average Bonchev–Trinajstić information content (AvgIpc) is 3.34. The van der Waals surface area contributed by atoms with E-state index in [4.69, 9.17) is 0 Å². The van der Waals surface area contributed by atoms with Crippen LogP contribution in [0.1, 0.15) is 33.6 Å². The van der Waals surface area contributed by atoms with Gasteiger partial charge in [0.15, 0.2) is 0 Å². The van der Waals surface area contributed by atoms with E-state index >= 15 is 0 Å². The number of halogens is 1. The average molecular weight is 591 g/mol. The summed E-state index contributed by atoms with van der Waals surface area (Å²) in [4.78, 5) is 28.8. The number of aryl methyl sites for hydroxylation is 3. The van der Waals surface area contributed by atoms with Crippen LogP contribution in [0.15, 0.2) is 53.3 Å². The maximum Gasteiger partial charge on any atom is 0.323 e. The number of sulfonamides is 1. The highest BCUT2D eigenvalue weighted by molar-refractivity contribution is 9.10. The first-order valence-electron chi connectivity index (χ1n) is 11.7. The zero-order valence-corrected chi connectivity index (χ0v) is 22.3. The minimum atomic E-state index is -3.97. The lowest BCUT2D eigenvalue weighted by Gasteiger charge is -2.17. The number of rotatable bonds is 11. The van der Waals surface area contributed by atoms with Crippen LogP contribution in [0.25, 0.3) is 0 Å². The summed E-state index contributed by atoms with van der Waals surface area (Å²) in [5.41, 5.74) is 2.85.